The number of hydrogen-bond acceptors (Lipinski definition) is 4. The number of benzene rings is 2. The van der Waals surface area contributed by atoms with Crippen LogP contribution in [0.3, 0.4) is 0 Å². The van der Waals surface area contributed by atoms with Crippen LogP contribution in [0.15, 0.2) is 41.4 Å². The molecule has 2 aromatic rings. The second kappa shape index (κ2) is 10.0. The van der Waals surface area contributed by atoms with Crippen LogP contribution in [0.5, 0.6) is 11.5 Å². The highest BCUT2D eigenvalue weighted by Gasteiger charge is 2.08. The van der Waals surface area contributed by atoms with Crippen LogP contribution >= 0.6 is 0 Å². The van der Waals surface area contributed by atoms with E-state index in [9.17, 15) is 4.39 Å². The highest BCUT2D eigenvalue weighted by atomic mass is 19.1. The summed E-state index contributed by atoms with van der Waals surface area (Å²) >= 11 is 0. The number of anilines is 1. The first-order chi connectivity index (χ1) is 13.1. The van der Waals surface area contributed by atoms with Crippen molar-refractivity contribution >= 4 is 11.6 Å². The van der Waals surface area contributed by atoms with Crippen molar-refractivity contribution in [1.82, 2.24) is 5.32 Å². The van der Waals surface area contributed by atoms with Crippen LogP contribution in [0.1, 0.15) is 25.0 Å². The van der Waals surface area contributed by atoms with E-state index < -0.39 is 5.82 Å². The molecule has 2 rings (SSSR count). The number of aliphatic imine (C=N–C) groups is 1. The van der Waals surface area contributed by atoms with Crippen molar-refractivity contribution in [3.63, 3.8) is 0 Å². The molecular weight excluding hydrogens is 347 g/mol. The Labute approximate surface area is 158 Å². The van der Waals surface area contributed by atoms with Gasteiger partial charge in [0.2, 0.25) is 0 Å². The first-order valence-electron chi connectivity index (χ1n) is 8.65. The first-order valence-corrected chi connectivity index (χ1v) is 8.65. The van der Waals surface area contributed by atoms with Gasteiger partial charge in [-0.2, -0.15) is 5.26 Å². The number of nitriles is 1. The Morgan fingerprint density at radius 3 is 2.63 bits per heavy atom. The molecule has 0 bridgehead atoms. The molecule has 0 amide bonds. The zero-order chi connectivity index (χ0) is 19.6. The number of hydrogen-bond donors (Lipinski definition) is 2. The molecule has 0 saturated heterocycles. The van der Waals surface area contributed by atoms with Gasteiger partial charge in [-0.3, -0.25) is 0 Å². The van der Waals surface area contributed by atoms with Crippen LogP contribution in [0.2, 0.25) is 0 Å². The summed E-state index contributed by atoms with van der Waals surface area (Å²) < 4.78 is 24.9. The smallest absolute Gasteiger partial charge is 0.196 e. The van der Waals surface area contributed by atoms with Crippen molar-refractivity contribution in [2.24, 2.45) is 4.99 Å². The van der Waals surface area contributed by atoms with E-state index in [-0.39, 0.29) is 12.1 Å². The molecule has 27 heavy (non-hydrogen) atoms. The van der Waals surface area contributed by atoms with Gasteiger partial charge < -0.3 is 20.1 Å². The zero-order valence-electron chi connectivity index (χ0n) is 15.7. The Balaban J connectivity index is 2.17. The summed E-state index contributed by atoms with van der Waals surface area (Å²) in [7, 11) is 1.58. The SMILES string of the molecule is CCNC(=NCc1ccc(C#N)cc1F)Nc1ccc(OCC)c(OC)c1. The molecule has 2 N–H and O–H groups in total. The monoisotopic (exact) mass is 370 g/mol. The van der Waals surface area contributed by atoms with Crippen molar-refractivity contribution in [2.45, 2.75) is 20.4 Å². The van der Waals surface area contributed by atoms with Gasteiger partial charge in [-0.1, -0.05) is 6.07 Å². The molecule has 0 unspecified atom stereocenters. The third kappa shape index (κ3) is 5.61. The van der Waals surface area contributed by atoms with Gasteiger partial charge in [0.15, 0.2) is 17.5 Å². The summed E-state index contributed by atoms with van der Waals surface area (Å²) in [4.78, 5) is 4.41. The minimum absolute atomic E-state index is 0.140. The number of nitrogens with one attached hydrogen (secondary N) is 2. The minimum atomic E-state index is -0.448. The highest BCUT2D eigenvalue weighted by Crippen LogP contribution is 2.30. The number of halogens is 1. The predicted molar refractivity (Wildman–Crippen MR) is 104 cm³/mol. The Morgan fingerprint density at radius 1 is 1.19 bits per heavy atom. The second-order valence-corrected chi connectivity index (χ2v) is 5.54. The summed E-state index contributed by atoms with van der Waals surface area (Å²) in [6.45, 7) is 5.18. The Kier molecular flexibility index (Phi) is 7.44. The molecule has 0 atom stereocenters. The second-order valence-electron chi connectivity index (χ2n) is 5.54. The first kappa shape index (κ1) is 20.0. The molecular formula is C20H23FN4O2. The van der Waals surface area contributed by atoms with E-state index in [4.69, 9.17) is 14.7 Å². The van der Waals surface area contributed by atoms with Crippen molar-refractivity contribution in [3.05, 3.63) is 53.3 Å². The van der Waals surface area contributed by atoms with Crippen LogP contribution in [0.4, 0.5) is 10.1 Å². The van der Waals surface area contributed by atoms with E-state index in [1.807, 2.05) is 32.0 Å². The van der Waals surface area contributed by atoms with Crippen LogP contribution in [-0.4, -0.2) is 26.2 Å². The van der Waals surface area contributed by atoms with Crippen LogP contribution in [0.25, 0.3) is 0 Å². The molecule has 0 fully saturated rings. The quantitative estimate of drug-likeness (QED) is 0.574. The fraction of sp³-hybridized carbons (Fsp3) is 0.300. The molecule has 2 aromatic carbocycles. The average molecular weight is 370 g/mol. The molecule has 0 aromatic heterocycles. The molecule has 0 aliphatic rings. The lowest BCUT2D eigenvalue weighted by molar-refractivity contribution is 0.311. The normalized spacial score (nSPS) is 10.9. The lowest BCUT2D eigenvalue weighted by Crippen LogP contribution is -2.30. The van der Waals surface area contributed by atoms with E-state index in [2.05, 4.69) is 15.6 Å². The van der Waals surface area contributed by atoms with Crippen molar-refractivity contribution in [1.29, 1.82) is 5.26 Å². The molecule has 142 valence electrons. The van der Waals surface area contributed by atoms with E-state index in [0.717, 1.165) is 5.69 Å². The lowest BCUT2D eigenvalue weighted by atomic mass is 10.1. The van der Waals surface area contributed by atoms with Gasteiger partial charge in [0, 0.05) is 23.9 Å². The number of guanidine groups is 1. The van der Waals surface area contributed by atoms with Crippen molar-refractivity contribution in [3.8, 4) is 17.6 Å². The van der Waals surface area contributed by atoms with Gasteiger partial charge in [0.25, 0.3) is 0 Å². The van der Waals surface area contributed by atoms with Gasteiger partial charge in [-0.05, 0) is 38.1 Å². The fourth-order valence-electron chi connectivity index (χ4n) is 2.37. The maximum atomic E-state index is 14.0. The molecule has 0 spiro atoms. The Morgan fingerprint density at radius 2 is 2.00 bits per heavy atom. The number of methoxy groups -OCH3 is 1. The molecule has 0 aliphatic carbocycles. The van der Waals surface area contributed by atoms with E-state index in [0.29, 0.717) is 36.2 Å². The summed E-state index contributed by atoms with van der Waals surface area (Å²) in [6, 6.07) is 11.7. The Hall–Kier alpha value is -3.27. The third-order valence-corrected chi connectivity index (χ3v) is 3.66. The third-order valence-electron chi connectivity index (χ3n) is 3.66. The van der Waals surface area contributed by atoms with Gasteiger partial charge in [-0.15, -0.1) is 0 Å². The van der Waals surface area contributed by atoms with Gasteiger partial charge in [0.05, 0.1) is 31.9 Å². The molecule has 0 aliphatic heterocycles. The zero-order valence-corrected chi connectivity index (χ0v) is 15.7. The van der Waals surface area contributed by atoms with Crippen LogP contribution in [0, 0.1) is 17.1 Å². The molecule has 0 saturated carbocycles. The molecule has 0 radical (unpaired) electrons. The minimum Gasteiger partial charge on any atom is -0.493 e. The van der Waals surface area contributed by atoms with E-state index in [1.54, 1.807) is 25.3 Å². The standard InChI is InChI=1S/C20H23FN4O2/c1-4-23-20(24-13-15-7-6-14(12-22)10-17(15)21)25-16-8-9-18(27-5-2)19(11-16)26-3/h6-11H,4-5,13H2,1-3H3,(H2,23,24,25). The average Bonchev–Trinajstić information content (AvgIpc) is 2.68. The van der Waals surface area contributed by atoms with Gasteiger partial charge in [-0.25, -0.2) is 9.38 Å². The van der Waals surface area contributed by atoms with Gasteiger partial charge in [0.1, 0.15) is 5.82 Å². The summed E-state index contributed by atoms with van der Waals surface area (Å²) in [5, 5.41) is 15.1. The maximum absolute atomic E-state index is 14.0. The molecule has 7 heteroatoms. The topological polar surface area (TPSA) is 78.7 Å². The number of nitrogens with zero attached hydrogens (tertiary/aromatic N) is 2. The Bertz CT molecular complexity index is 846. The molecule has 0 heterocycles. The van der Waals surface area contributed by atoms with E-state index >= 15 is 0 Å². The van der Waals surface area contributed by atoms with Crippen molar-refractivity contribution in [2.75, 3.05) is 25.6 Å². The maximum Gasteiger partial charge on any atom is 0.196 e. The summed E-state index contributed by atoms with van der Waals surface area (Å²) in [5.41, 5.74) is 1.46. The highest BCUT2D eigenvalue weighted by molar-refractivity contribution is 5.93. The lowest BCUT2D eigenvalue weighted by Gasteiger charge is -2.14. The van der Waals surface area contributed by atoms with Crippen molar-refractivity contribution < 1.29 is 13.9 Å². The summed E-state index contributed by atoms with van der Waals surface area (Å²) in [6.07, 6.45) is 0. The van der Waals surface area contributed by atoms with Crippen LogP contribution < -0.4 is 20.1 Å². The largest absolute Gasteiger partial charge is 0.493 e. The number of rotatable bonds is 7. The number of ether oxygens (including phenoxy) is 2. The molecule has 6 nitrogen and oxygen atoms in total. The predicted octanol–water partition coefficient (Wildman–Crippen LogP) is 3.68. The fourth-order valence-corrected chi connectivity index (χ4v) is 2.37. The summed E-state index contributed by atoms with van der Waals surface area (Å²) in [5.74, 6) is 1.33. The van der Waals surface area contributed by atoms with Gasteiger partial charge >= 0.3 is 0 Å². The van der Waals surface area contributed by atoms with Crippen LogP contribution in [-0.2, 0) is 6.54 Å². The van der Waals surface area contributed by atoms with E-state index in [1.165, 1.54) is 6.07 Å².